The van der Waals surface area contributed by atoms with Crippen molar-refractivity contribution in [1.29, 1.82) is 0 Å². The Balaban J connectivity index is 2.09. The average molecular weight is 292 g/mol. The highest BCUT2D eigenvalue weighted by Crippen LogP contribution is 2.32. The fourth-order valence-corrected chi connectivity index (χ4v) is 3.10. The highest BCUT2D eigenvalue weighted by Gasteiger charge is 2.37. The van der Waals surface area contributed by atoms with Gasteiger partial charge in [-0.25, -0.2) is 4.98 Å². The van der Waals surface area contributed by atoms with Gasteiger partial charge in [0, 0.05) is 6.04 Å². The van der Waals surface area contributed by atoms with Crippen LogP contribution in [0.25, 0.3) is 0 Å². The minimum absolute atomic E-state index is 0.0959. The number of hydrogen-bond acceptors (Lipinski definition) is 6. The van der Waals surface area contributed by atoms with Crippen LogP contribution in [-0.2, 0) is 0 Å². The first-order chi connectivity index (χ1) is 10.0. The zero-order chi connectivity index (χ0) is 15.0. The molecule has 1 aliphatic heterocycles. The van der Waals surface area contributed by atoms with E-state index in [-0.39, 0.29) is 23.2 Å². The van der Waals surface area contributed by atoms with E-state index in [4.69, 9.17) is 5.73 Å². The van der Waals surface area contributed by atoms with E-state index in [0.717, 1.165) is 25.7 Å². The van der Waals surface area contributed by atoms with Crippen LogP contribution in [0.2, 0.25) is 0 Å². The average Bonchev–Trinajstić information content (AvgIpc) is 2.91. The van der Waals surface area contributed by atoms with Crippen molar-refractivity contribution < 1.29 is 4.79 Å². The second-order valence-corrected chi connectivity index (χ2v) is 5.52. The van der Waals surface area contributed by atoms with Crippen LogP contribution in [-0.4, -0.2) is 27.9 Å². The van der Waals surface area contributed by atoms with Gasteiger partial charge >= 0.3 is 0 Å². The molecule has 1 atom stereocenters. The molecule has 3 rings (SSSR count). The van der Waals surface area contributed by atoms with Gasteiger partial charge in [-0.1, -0.05) is 19.8 Å². The Morgan fingerprint density at radius 3 is 2.81 bits per heavy atom. The molecular weight excluding hydrogens is 272 g/mol. The number of nitrogens with one attached hydrogen (secondary N) is 3. The summed E-state index contributed by atoms with van der Waals surface area (Å²) in [4.78, 5) is 28.4. The van der Waals surface area contributed by atoms with Gasteiger partial charge in [0.05, 0.1) is 6.20 Å². The molecule has 2 heterocycles. The molecule has 1 saturated carbocycles. The smallest absolute Gasteiger partial charge is 0.277 e. The lowest BCUT2D eigenvalue weighted by Gasteiger charge is -2.38. The number of aromatic nitrogens is 2. The van der Waals surface area contributed by atoms with Crippen LogP contribution >= 0.6 is 0 Å². The number of fused-ring (bicyclic) bond motifs is 1. The zero-order valence-electron chi connectivity index (χ0n) is 12.0. The number of hydrogen-bond donors (Lipinski definition) is 4. The molecule has 1 aromatic heterocycles. The molecule has 5 N–H and O–H groups in total. The predicted octanol–water partition coefficient (Wildman–Crippen LogP) is -0.307. The van der Waals surface area contributed by atoms with Gasteiger partial charge in [0.1, 0.15) is 5.82 Å². The molecule has 0 saturated heterocycles. The van der Waals surface area contributed by atoms with Crippen molar-refractivity contribution in [3.8, 4) is 0 Å². The van der Waals surface area contributed by atoms with E-state index in [9.17, 15) is 9.59 Å². The molecule has 0 aromatic carbocycles. The van der Waals surface area contributed by atoms with Gasteiger partial charge in [-0.2, -0.15) is 0 Å². The van der Waals surface area contributed by atoms with E-state index in [1.54, 1.807) is 4.57 Å². The molecule has 114 valence electrons. The summed E-state index contributed by atoms with van der Waals surface area (Å²) in [6.45, 7) is 2.44. The Labute approximate surface area is 122 Å². The second kappa shape index (κ2) is 5.12. The fourth-order valence-electron chi connectivity index (χ4n) is 3.10. The summed E-state index contributed by atoms with van der Waals surface area (Å²) in [5, 5.41) is 8.61. The van der Waals surface area contributed by atoms with Crippen molar-refractivity contribution in [3.63, 3.8) is 0 Å². The molecule has 0 bridgehead atoms. The van der Waals surface area contributed by atoms with Crippen LogP contribution in [0.4, 0.5) is 5.82 Å². The number of anilines is 1. The third kappa shape index (κ3) is 2.40. The zero-order valence-corrected chi connectivity index (χ0v) is 12.0. The number of nitrogens with zero attached hydrogens (tertiary/aromatic N) is 2. The SMILES string of the molecule is CCNC1(N)NC(=O)c2ncc(=O)n(C3CCCC3)c2N1. The summed E-state index contributed by atoms with van der Waals surface area (Å²) in [5.74, 6) is -1.25. The molecule has 2 aliphatic rings. The number of carbonyl (C=O) groups is 1. The molecule has 8 nitrogen and oxygen atoms in total. The van der Waals surface area contributed by atoms with Crippen LogP contribution in [0.1, 0.15) is 49.1 Å². The minimum Gasteiger partial charge on any atom is -0.322 e. The summed E-state index contributed by atoms with van der Waals surface area (Å²) in [5.41, 5.74) is 6.10. The summed E-state index contributed by atoms with van der Waals surface area (Å²) >= 11 is 0. The Kier molecular flexibility index (Phi) is 3.42. The van der Waals surface area contributed by atoms with Crippen molar-refractivity contribution in [3.05, 3.63) is 22.2 Å². The minimum atomic E-state index is -1.27. The first kappa shape index (κ1) is 14.0. The molecule has 0 radical (unpaired) electrons. The Hall–Kier alpha value is -1.93. The van der Waals surface area contributed by atoms with E-state index in [0.29, 0.717) is 12.4 Å². The first-order valence-corrected chi connectivity index (χ1v) is 7.30. The van der Waals surface area contributed by atoms with Crippen molar-refractivity contribution in [2.45, 2.75) is 44.6 Å². The van der Waals surface area contributed by atoms with E-state index in [1.807, 2.05) is 6.92 Å². The second-order valence-electron chi connectivity index (χ2n) is 5.52. The van der Waals surface area contributed by atoms with E-state index in [1.165, 1.54) is 6.20 Å². The van der Waals surface area contributed by atoms with E-state index >= 15 is 0 Å². The maximum atomic E-state index is 12.2. The van der Waals surface area contributed by atoms with Crippen molar-refractivity contribution >= 4 is 11.7 Å². The number of rotatable bonds is 3. The Bertz CT molecular complexity index is 622. The monoisotopic (exact) mass is 292 g/mol. The van der Waals surface area contributed by atoms with Crippen molar-refractivity contribution in [2.24, 2.45) is 5.73 Å². The summed E-state index contributed by atoms with van der Waals surface area (Å²) in [6.07, 6.45) is 5.23. The maximum absolute atomic E-state index is 12.2. The number of carbonyl (C=O) groups excluding carboxylic acids is 1. The molecule has 1 aromatic rings. The molecule has 1 aliphatic carbocycles. The quantitative estimate of drug-likeness (QED) is 0.568. The Morgan fingerprint density at radius 1 is 1.43 bits per heavy atom. The van der Waals surface area contributed by atoms with E-state index in [2.05, 4.69) is 20.9 Å². The largest absolute Gasteiger partial charge is 0.322 e. The highest BCUT2D eigenvalue weighted by molar-refractivity contribution is 5.99. The van der Waals surface area contributed by atoms with Crippen LogP contribution in [0.15, 0.2) is 11.0 Å². The topological polar surface area (TPSA) is 114 Å². The van der Waals surface area contributed by atoms with Gasteiger partial charge in [0.2, 0.25) is 5.91 Å². The standard InChI is InChI=1S/C13H20N6O2/c1-2-16-13(14)17-11-10(12(21)18-13)15-7-9(20)19(11)8-5-3-4-6-8/h7-8,16-17H,2-6,14H2,1H3,(H,18,21). The van der Waals surface area contributed by atoms with Gasteiger partial charge in [0.15, 0.2) is 5.69 Å². The van der Waals surface area contributed by atoms with Gasteiger partial charge in [-0.15, -0.1) is 0 Å². The number of nitrogens with two attached hydrogens (primary N) is 1. The first-order valence-electron chi connectivity index (χ1n) is 7.30. The lowest BCUT2D eigenvalue weighted by Crippen LogP contribution is -2.73. The van der Waals surface area contributed by atoms with Gasteiger partial charge < -0.3 is 10.6 Å². The fraction of sp³-hybridized carbons (Fsp3) is 0.615. The van der Waals surface area contributed by atoms with Crippen molar-refractivity contribution in [1.82, 2.24) is 20.2 Å². The number of amides is 1. The highest BCUT2D eigenvalue weighted by atomic mass is 16.2. The summed E-state index contributed by atoms with van der Waals surface area (Å²) < 4.78 is 1.63. The van der Waals surface area contributed by atoms with Crippen LogP contribution in [0.5, 0.6) is 0 Å². The van der Waals surface area contributed by atoms with Gasteiger partial charge in [-0.05, 0) is 19.4 Å². The Morgan fingerprint density at radius 2 is 2.14 bits per heavy atom. The third-order valence-electron chi connectivity index (χ3n) is 3.99. The molecule has 8 heteroatoms. The summed E-state index contributed by atoms with van der Waals surface area (Å²) in [7, 11) is 0. The lowest BCUT2D eigenvalue weighted by atomic mass is 10.2. The molecule has 21 heavy (non-hydrogen) atoms. The van der Waals surface area contributed by atoms with Gasteiger partial charge in [0.25, 0.3) is 11.5 Å². The van der Waals surface area contributed by atoms with E-state index < -0.39 is 5.91 Å². The lowest BCUT2D eigenvalue weighted by molar-refractivity contribution is 0.0876. The summed E-state index contributed by atoms with van der Waals surface area (Å²) in [6, 6.07) is 0.0959. The van der Waals surface area contributed by atoms with Crippen LogP contribution in [0, 0.1) is 0 Å². The molecular formula is C13H20N6O2. The predicted molar refractivity (Wildman–Crippen MR) is 77.7 cm³/mol. The molecule has 1 amide bonds. The molecule has 1 unspecified atom stereocenters. The van der Waals surface area contributed by atoms with Crippen molar-refractivity contribution in [2.75, 3.05) is 11.9 Å². The maximum Gasteiger partial charge on any atom is 0.277 e. The van der Waals surface area contributed by atoms with Crippen LogP contribution < -0.4 is 27.2 Å². The normalized spacial score (nSPS) is 25.3. The molecule has 1 fully saturated rings. The third-order valence-corrected chi connectivity index (χ3v) is 3.99. The molecule has 0 spiro atoms. The van der Waals surface area contributed by atoms with Gasteiger partial charge in [-0.3, -0.25) is 25.2 Å². The van der Waals surface area contributed by atoms with Crippen LogP contribution in [0.3, 0.4) is 0 Å².